The Morgan fingerprint density at radius 2 is 2.09 bits per heavy atom. The molecule has 7 nitrogen and oxygen atoms in total. The first-order chi connectivity index (χ1) is 11.1. The predicted octanol–water partition coefficient (Wildman–Crippen LogP) is 1.36. The summed E-state index contributed by atoms with van der Waals surface area (Å²) in [7, 11) is 5.26. The van der Waals surface area contributed by atoms with Crippen LogP contribution in [0, 0.1) is 0 Å². The molecule has 0 atom stereocenters. The molecule has 0 aliphatic carbocycles. The number of ether oxygens (including phenoxy) is 1. The molecule has 0 aliphatic rings. The predicted molar refractivity (Wildman–Crippen MR) is 86.2 cm³/mol. The minimum Gasteiger partial charge on any atom is -0.497 e. The van der Waals surface area contributed by atoms with Gasteiger partial charge in [0.2, 0.25) is 17.6 Å². The van der Waals surface area contributed by atoms with Crippen molar-refractivity contribution in [3.63, 3.8) is 0 Å². The maximum Gasteiger partial charge on any atom is 0.227 e. The first-order valence-electron chi connectivity index (χ1n) is 7.49. The molecule has 1 aromatic heterocycles. The zero-order chi connectivity index (χ0) is 16.7. The molecular weight excluding hydrogens is 296 g/mol. The molecule has 1 amide bonds. The van der Waals surface area contributed by atoms with Crippen molar-refractivity contribution in [1.29, 1.82) is 0 Å². The topological polar surface area (TPSA) is 80.5 Å². The van der Waals surface area contributed by atoms with Crippen molar-refractivity contribution in [3.8, 4) is 17.1 Å². The fourth-order valence-corrected chi connectivity index (χ4v) is 2.02. The highest BCUT2D eigenvalue weighted by molar-refractivity contribution is 5.76. The zero-order valence-corrected chi connectivity index (χ0v) is 13.7. The number of amides is 1. The molecule has 0 fully saturated rings. The summed E-state index contributed by atoms with van der Waals surface area (Å²) >= 11 is 0. The summed E-state index contributed by atoms with van der Waals surface area (Å²) in [5.41, 5.74) is 0.846. The van der Waals surface area contributed by atoms with Crippen molar-refractivity contribution in [2.75, 3.05) is 34.3 Å². The summed E-state index contributed by atoms with van der Waals surface area (Å²) < 4.78 is 10.3. The second-order valence-electron chi connectivity index (χ2n) is 5.16. The van der Waals surface area contributed by atoms with Crippen LogP contribution in [0.3, 0.4) is 0 Å². The van der Waals surface area contributed by atoms with Gasteiger partial charge < -0.3 is 19.5 Å². The summed E-state index contributed by atoms with van der Waals surface area (Å²) in [6.07, 6.45) is 0.788. The van der Waals surface area contributed by atoms with Crippen LogP contribution in [0.25, 0.3) is 11.4 Å². The molecule has 0 bridgehead atoms. The Morgan fingerprint density at radius 1 is 1.35 bits per heavy atom. The number of carbonyl (C=O) groups excluding carboxylic acids is 1. The van der Waals surface area contributed by atoms with Crippen molar-refractivity contribution < 1.29 is 14.1 Å². The number of hydrogen-bond donors (Lipinski definition) is 1. The second-order valence-corrected chi connectivity index (χ2v) is 5.16. The van der Waals surface area contributed by atoms with Crippen LogP contribution in [0.1, 0.15) is 12.3 Å². The lowest BCUT2D eigenvalue weighted by Crippen LogP contribution is -2.32. The molecule has 0 radical (unpaired) electrons. The number of benzene rings is 1. The van der Waals surface area contributed by atoms with E-state index in [9.17, 15) is 4.79 Å². The van der Waals surface area contributed by atoms with Crippen LogP contribution in [0.2, 0.25) is 0 Å². The van der Waals surface area contributed by atoms with E-state index in [0.29, 0.717) is 31.1 Å². The van der Waals surface area contributed by atoms with E-state index >= 15 is 0 Å². The second kappa shape index (κ2) is 8.28. The number of nitrogens with one attached hydrogen (secondary N) is 1. The quantitative estimate of drug-likeness (QED) is 0.791. The molecule has 1 heterocycles. The molecule has 0 aliphatic heterocycles. The van der Waals surface area contributed by atoms with E-state index in [-0.39, 0.29) is 5.91 Å². The van der Waals surface area contributed by atoms with E-state index in [4.69, 9.17) is 9.26 Å². The van der Waals surface area contributed by atoms with Gasteiger partial charge in [0.05, 0.1) is 7.11 Å². The molecule has 1 aromatic carbocycles. The number of aryl methyl sites for hydroxylation is 1. The average molecular weight is 318 g/mol. The van der Waals surface area contributed by atoms with Gasteiger partial charge in [-0.1, -0.05) is 5.16 Å². The lowest BCUT2D eigenvalue weighted by atomic mass is 10.2. The van der Waals surface area contributed by atoms with Gasteiger partial charge in [0.15, 0.2) is 0 Å². The monoisotopic (exact) mass is 318 g/mol. The molecule has 0 saturated heterocycles. The van der Waals surface area contributed by atoms with Crippen LogP contribution < -0.4 is 10.1 Å². The number of methoxy groups -OCH3 is 1. The van der Waals surface area contributed by atoms with Gasteiger partial charge in [0, 0.05) is 38.5 Å². The smallest absolute Gasteiger partial charge is 0.227 e. The lowest BCUT2D eigenvalue weighted by molar-refractivity contribution is -0.129. The number of aromatic nitrogens is 2. The van der Waals surface area contributed by atoms with Crippen LogP contribution >= 0.6 is 0 Å². The SMILES string of the molecule is CNCCN(C)C(=O)CCc1nc(-c2ccc(OC)cc2)no1. The van der Waals surface area contributed by atoms with E-state index in [1.807, 2.05) is 31.3 Å². The Hall–Kier alpha value is -2.41. The average Bonchev–Trinajstić information content (AvgIpc) is 3.06. The number of nitrogens with zero attached hydrogens (tertiary/aromatic N) is 3. The Morgan fingerprint density at radius 3 is 2.74 bits per heavy atom. The normalized spacial score (nSPS) is 10.6. The van der Waals surface area contributed by atoms with Crippen LogP contribution in [-0.4, -0.2) is 55.2 Å². The van der Waals surface area contributed by atoms with Crippen LogP contribution in [0.4, 0.5) is 0 Å². The van der Waals surface area contributed by atoms with Gasteiger partial charge in [-0.2, -0.15) is 4.98 Å². The minimum absolute atomic E-state index is 0.0597. The van der Waals surface area contributed by atoms with E-state index in [0.717, 1.165) is 17.9 Å². The van der Waals surface area contributed by atoms with Crippen molar-refractivity contribution in [2.24, 2.45) is 0 Å². The summed E-state index contributed by atoms with van der Waals surface area (Å²) in [6, 6.07) is 7.41. The van der Waals surface area contributed by atoms with Crippen LogP contribution in [-0.2, 0) is 11.2 Å². The van der Waals surface area contributed by atoms with Gasteiger partial charge in [-0.3, -0.25) is 4.79 Å². The number of rotatable bonds is 8. The molecule has 124 valence electrons. The van der Waals surface area contributed by atoms with Crippen molar-refractivity contribution in [3.05, 3.63) is 30.2 Å². The molecule has 1 N–H and O–H groups in total. The van der Waals surface area contributed by atoms with E-state index in [2.05, 4.69) is 15.5 Å². The Balaban J connectivity index is 1.90. The van der Waals surface area contributed by atoms with Gasteiger partial charge in [-0.05, 0) is 31.3 Å². The first kappa shape index (κ1) is 17.0. The maximum atomic E-state index is 12.0. The standard InChI is InChI=1S/C16H22N4O3/c1-17-10-11-20(2)15(21)9-8-14-18-16(19-23-14)12-4-6-13(22-3)7-5-12/h4-7,17H,8-11H2,1-3H3. The molecule has 0 spiro atoms. The largest absolute Gasteiger partial charge is 0.497 e. The summed E-state index contributed by atoms with van der Waals surface area (Å²) in [5, 5.41) is 6.97. The Bertz CT molecular complexity index is 625. The third-order valence-corrected chi connectivity index (χ3v) is 3.49. The molecule has 23 heavy (non-hydrogen) atoms. The molecule has 7 heteroatoms. The third-order valence-electron chi connectivity index (χ3n) is 3.49. The highest BCUT2D eigenvalue weighted by atomic mass is 16.5. The molecular formula is C16H22N4O3. The summed E-state index contributed by atoms with van der Waals surface area (Å²) in [4.78, 5) is 18.0. The number of likely N-dealkylation sites (N-methyl/N-ethyl adjacent to an activating group) is 2. The molecule has 0 unspecified atom stereocenters. The summed E-state index contributed by atoms with van der Waals surface area (Å²) in [6.45, 7) is 1.45. The fraction of sp³-hybridized carbons (Fsp3) is 0.438. The highest BCUT2D eigenvalue weighted by Gasteiger charge is 2.13. The van der Waals surface area contributed by atoms with E-state index in [1.54, 1.807) is 19.1 Å². The van der Waals surface area contributed by atoms with Crippen molar-refractivity contribution in [2.45, 2.75) is 12.8 Å². The number of carbonyl (C=O) groups is 1. The van der Waals surface area contributed by atoms with Gasteiger partial charge in [0.1, 0.15) is 5.75 Å². The third kappa shape index (κ3) is 4.79. The Kier molecular flexibility index (Phi) is 6.10. The summed E-state index contributed by atoms with van der Waals surface area (Å²) in [5.74, 6) is 1.81. The first-order valence-corrected chi connectivity index (χ1v) is 7.49. The van der Waals surface area contributed by atoms with Gasteiger partial charge in [-0.15, -0.1) is 0 Å². The highest BCUT2D eigenvalue weighted by Crippen LogP contribution is 2.20. The van der Waals surface area contributed by atoms with Crippen LogP contribution in [0.5, 0.6) is 5.75 Å². The molecule has 2 rings (SSSR count). The van der Waals surface area contributed by atoms with Gasteiger partial charge in [0.25, 0.3) is 0 Å². The van der Waals surface area contributed by atoms with Gasteiger partial charge >= 0.3 is 0 Å². The zero-order valence-electron chi connectivity index (χ0n) is 13.7. The maximum absolute atomic E-state index is 12.0. The minimum atomic E-state index is 0.0597. The van der Waals surface area contributed by atoms with Crippen molar-refractivity contribution >= 4 is 5.91 Å². The Labute approximate surface area is 135 Å². The van der Waals surface area contributed by atoms with Crippen molar-refractivity contribution in [1.82, 2.24) is 20.4 Å². The van der Waals surface area contributed by atoms with Gasteiger partial charge in [-0.25, -0.2) is 0 Å². The van der Waals surface area contributed by atoms with Crippen LogP contribution in [0.15, 0.2) is 28.8 Å². The fourth-order valence-electron chi connectivity index (χ4n) is 2.02. The molecule has 0 saturated carbocycles. The molecule has 2 aromatic rings. The van der Waals surface area contributed by atoms with E-state index < -0.39 is 0 Å². The van der Waals surface area contributed by atoms with E-state index in [1.165, 1.54) is 0 Å². The lowest BCUT2D eigenvalue weighted by Gasteiger charge is -2.16. The number of hydrogen-bond acceptors (Lipinski definition) is 6.